The SMILES string of the molecule is Cc1nn(C)c(C)c1-c1csc(C2(N)CCCCCC2)n1. The van der Waals surface area contributed by atoms with Crippen molar-refractivity contribution in [2.75, 3.05) is 0 Å². The second-order valence-electron chi connectivity index (χ2n) is 6.28. The van der Waals surface area contributed by atoms with Gasteiger partial charge in [-0.1, -0.05) is 25.7 Å². The van der Waals surface area contributed by atoms with E-state index >= 15 is 0 Å². The maximum Gasteiger partial charge on any atom is 0.113 e. The summed E-state index contributed by atoms with van der Waals surface area (Å²) < 4.78 is 1.92. The van der Waals surface area contributed by atoms with Gasteiger partial charge in [0.15, 0.2) is 0 Å². The molecule has 0 amide bonds. The fourth-order valence-corrected chi connectivity index (χ4v) is 4.32. The van der Waals surface area contributed by atoms with Crippen molar-refractivity contribution in [1.29, 1.82) is 0 Å². The van der Waals surface area contributed by atoms with E-state index in [4.69, 9.17) is 10.7 Å². The topological polar surface area (TPSA) is 56.7 Å². The zero-order chi connectivity index (χ0) is 15.0. The molecule has 2 aromatic heterocycles. The number of thiazole rings is 1. The molecule has 21 heavy (non-hydrogen) atoms. The predicted octanol–water partition coefficient (Wildman–Crippen LogP) is 3.67. The van der Waals surface area contributed by atoms with Gasteiger partial charge in [-0.25, -0.2) is 4.98 Å². The Bertz CT molecular complexity index is 633. The Kier molecular flexibility index (Phi) is 3.88. The number of rotatable bonds is 2. The van der Waals surface area contributed by atoms with Crippen LogP contribution in [-0.4, -0.2) is 14.8 Å². The van der Waals surface area contributed by atoms with Crippen molar-refractivity contribution in [3.05, 3.63) is 21.8 Å². The molecule has 1 aliphatic rings. The first-order valence-electron chi connectivity index (χ1n) is 7.77. The molecule has 1 saturated carbocycles. The quantitative estimate of drug-likeness (QED) is 0.861. The number of aromatic nitrogens is 3. The Morgan fingerprint density at radius 3 is 2.43 bits per heavy atom. The summed E-state index contributed by atoms with van der Waals surface area (Å²) >= 11 is 1.71. The lowest BCUT2D eigenvalue weighted by atomic mass is 9.92. The van der Waals surface area contributed by atoms with E-state index in [0.29, 0.717) is 0 Å². The molecule has 3 rings (SSSR count). The molecule has 0 bridgehead atoms. The van der Waals surface area contributed by atoms with Crippen molar-refractivity contribution in [2.45, 2.75) is 57.9 Å². The Balaban J connectivity index is 1.96. The van der Waals surface area contributed by atoms with E-state index in [1.165, 1.54) is 25.7 Å². The van der Waals surface area contributed by atoms with Gasteiger partial charge in [0.05, 0.1) is 16.9 Å². The Morgan fingerprint density at radius 1 is 1.19 bits per heavy atom. The van der Waals surface area contributed by atoms with E-state index in [-0.39, 0.29) is 5.54 Å². The average molecular weight is 304 g/mol. The second-order valence-corrected chi connectivity index (χ2v) is 7.14. The number of hydrogen-bond acceptors (Lipinski definition) is 4. The maximum absolute atomic E-state index is 6.68. The molecule has 0 aliphatic heterocycles. The van der Waals surface area contributed by atoms with Gasteiger partial charge in [0, 0.05) is 23.7 Å². The molecular formula is C16H24N4S. The summed E-state index contributed by atoms with van der Waals surface area (Å²) in [6.07, 6.45) is 7.17. The summed E-state index contributed by atoms with van der Waals surface area (Å²) in [6, 6.07) is 0. The molecule has 4 nitrogen and oxygen atoms in total. The van der Waals surface area contributed by atoms with Gasteiger partial charge in [-0.15, -0.1) is 11.3 Å². The minimum absolute atomic E-state index is 0.219. The largest absolute Gasteiger partial charge is 0.319 e. The first-order chi connectivity index (χ1) is 10.0. The number of nitrogens with zero attached hydrogens (tertiary/aromatic N) is 3. The van der Waals surface area contributed by atoms with E-state index in [1.807, 2.05) is 18.7 Å². The monoisotopic (exact) mass is 304 g/mol. The molecular weight excluding hydrogens is 280 g/mol. The highest BCUT2D eigenvalue weighted by molar-refractivity contribution is 7.10. The van der Waals surface area contributed by atoms with Gasteiger partial charge in [0.2, 0.25) is 0 Å². The van der Waals surface area contributed by atoms with Crippen LogP contribution in [0.1, 0.15) is 54.9 Å². The van der Waals surface area contributed by atoms with Crippen molar-refractivity contribution in [3.63, 3.8) is 0 Å². The standard InChI is InChI=1S/C16H24N4S/c1-11-14(12(2)20(3)19-11)13-10-21-15(18-13)16(17)8-6-4-5-7-9-16/h10H,4-9,17H2,1-3H3. The number of hydrogen-bond donors (Lipinski definition) is 1. The van der Waals surface area contributed by atoms with E-state index < -0.39 is 0 Å². The lowest BCUT2D eigenvalue weighted by molar-refractivity contribution is 0.384. The van der Waals surface area contributed by atoms with Gasteiger partial charge >= 0.3 is 0 Å². The van der Waals surface area contributed by atoms with Crippen molar-refractivity contribution in [2.24, 2.45) is 12.8 Å². The zero-order valence-electron chi connectivity index (χ0n) is 13.1. The van der Waals surface area contributed by atoms with Crippen LogP contribution in [0.25, 0.3) is 11.3 Å². The highest BCUT2D eigenvalue weighted by atomic mass is 32.1. The van der Waals surface area contributed by atoms with Crippen LogP contribution >= 0.6 is 11.3 Å². The third-order valence-corrected chi connectivity index (χ3v) is 5.75. The van der Waals surface area contributed by atoms with Gasteiger partial charge in [0.25, 0.3) is 0 Å². The van der Waals surface area contributed by atoms with Gasteiger partial charge < -0.3 is 5.73 Å². The Morgan fingerprint density at radius 2 is 1.86 bits per heavy atom. The molecule has 0 saturated heterocycles. The molecule has 0 unspecified atom stereocenters. The first-order valence-corrected chi connectivity index (χ1v) is 8.65. The van der Waals surface area contributed by atoms with E-state index in [1.54, 1.807) is 11.3 Å². The van der Waals surface area contributed by atoms with Gasteiger partial charge in [0.1, 0.15) is 5.01 Å². The molecule has 2 aromatic rings. The van der Waals surface area contributed by atoms with Crippen molar-refractivity contribution in [3.8, 4) is 11.3 Å². The number of nitrogens with two attached hydrogens (primary N) is 1. The van der Waals surface area contributed by atoms with Gasteiger partial charge in [-0.2, -0.15) is 5.10 Å². The summed E-state index contributed by atoms with van der Waals surface area (Å²) in [5, 5.41) is 7.73. The smallest absolute Gasteiger partial charge is 0.113 e. The third-order valence-electron chi connectivity index (χ3n) is 4.69. The molecule has 0 radical (unpaired) electrons. The molecule has 1 aliphatic carbocycles. The Hall–Kier alpha value is -1.20. The fourth-order valence-electron chi connectivity index (χ4n) is 3.33. The molecule has 2 N–H and O–H groups in total. The molecule has 114 valence electrons. The molecule has 0 atom stereocenters. The minimum Gasteiger partial charge on any atom is -0.319 e. The van der Waals surface area contributed by atoms with Crippen LogP contribution in [0.4, 0.5) is 0 Å². The first kappa shape index (κ1) is 14.7. The molecule has 2 heterocycles. The normalized spacial score (nSPS) is 18.7. The van der Waals surface area contributed by atoms with Crippen LogP contribution in [0, 0.1) is 13.8 Å². The van der Waals surface area contributed by atoms with Crippen LogP contribution in [0.3, 0.4) is 0 Å². The molecule has 1 fully saturated rings. The van der Waals surface area contributed by atoms with Crippen LogP contribution in [0.2, 0.25) is 0 Å². The van der Waals surface area contributed by atoms with Crippen molar-refractivity contribution < 1.29 is 0 Å². The summed E-state index contributed by atoms with van der Waals surface area (Å²) in [4.78, 5) is 4.89. The predicted molar refractivity (Wildman–Crippen MR) is 87.4 cm³/mol. The van der Waals surface area contributed by atoms with Crippen molar-refractivity contribution in [1.82, 2.24) is 14.8 Å². The van der Waals surface area contributed by atoms with Crippen LogP contribution in [0.15, 0.2) is 5.38 Å². The lowest BCUT2D eigenvalue weighted by Crippen LogP contribution is -2.35. The van der Waals surface area contributed by atoms with Crippen LogP contribution in [0.5, 0.6) is 0 Å². The maximum atomic E-state index is 6.68. The fraction of sp³-hybridized carbons (Fsp3) is 0.625. The third kappa shape index (κ3) is 2.64. The Labute approximate surface area is 130 Å². The summed E-state index contributed by atoms with van der Waals surface area (Å²) in [5.74, 6) is 0. The minimum atomic E-state index is -0.219. The molecule has 5 heteroatoms. The van der Waals surface area contributed by atoms with Crippen LogP contribution < -0.4 is 5.73 Å². The molecule has 0 aromatic carbocycles. The van der Waals surface area contributed by atoms with Crippen LogP contribution in [-0.2, 0) is 12.6 Å². The lowest BCUT2D eigenvalue weighted by Gasteiger charge is -2.25. The molecule has 0 spiro atoms. The average Bonchev–Trinajstić information content (AvgIpc) is 2.93. The van der Waals surface area contributed by atoms with Gasteiger partial charge in [-0.05, 0) is 26.7 Å². The van der Waals surface area contributed by atoms with E-state index in [0.717, 1.165) is 40.5 Å². The highest BCUT2D eigenvalue weighted by Gasteiger charge is 2.31. The summed E-state index contributed by atoms with van der Waals surface area (Å²) in [5.41, 5.74) is 10.9. The van der Waals surface area contributed by atoms with E-state index in [2.05, 4.69) is 17.4 Å². The zero-order valence-corrected chi connectivity index (χ0v) is 14.0. The summed E-state index contributed by atoms with van der Waals surface area (Å²) in [6.45, 7) is 4.14. The second kappa shape index (κ2) is 5.54. The van der Waals surface area contributed by atoms with Crippen molar-refractivity contribution >= 4 is 11.3 Å². The summed E-state index contributed by atoms with van der Waals surface area (Å²) in [7, 11) is 1.98. The van der Waals surface area contributed by atoms with E-state index in [9.17, 15) is 0 Å². The van der Waals surface area contributed by atoms with Gasteiger partial charge in [-0.3, -0.25) is 4.68 Å². The number of aryl methyl sites for hydroxylation is 2. The highest BCUT2D eigenvalue weighted by Crippen LogP contribution is 2.37.